The van der Waals surface area contributed by atoms with Crippen LogP contribution in [-0.2, 0) is 19.1 Å². The number of aromatic nitrogens is 2. The van der Waals surface area contributed by atoms with E-state index in [0.717, 1.165) is 0 Å². The summed E-state index contributed by atoms with van der Waals surface area (Å²) in [6, 6.07) is 0. The molecule has 18 heavy (non-hydrogen) atoms. The van der Waals surface area contributed by atoms with Crippen molar-refractivity contribution in [3.05, 3.63) is 23.2 Å². The van der Waals surface area contributed by atoms with Crippen LogP contribution < -0.4 is 0 Å². The first-order chi connectivity index (χ1) is 8.60. The summed E-state index contributed by atoms with van der Waals surface area (Å²) in [6.45, 7) is 3.60. The number of hydrogen-bond acceptors (Lipinski definition) is 6. The molecular weight excluding hydrogens is 260 g/mol. The molecule has 0 spiro atoms. The molecule has 6 nitrogen and oxygen atoms in total. The molecule has 1 rings (SSSR count). The van der Waals surface area contributed by atoms with E-state index in [1.165, 1.54) is 12.4 Å². The monoisotopic (exact) mass is 272 g/mol. The van der Waals surface area contributed by atoms with E-state index in [-0.39, 0.29) is 24.1 Å². The maximum Gasteiger partial charge on any atom is 0.326 e. The summed E-state index contributed by atoms with van der Waals surface area (Å²) in [6.07, 6.45) is 2.59. The number of nitrogens with zero attached hydrogens (tertiary/aromatic N) is 2. The van der Waals surface area contributed by atoms with Gasteiger partial charge in [-0.15, -0.1) is 0 Å². The molecule has 98 valence electrons. The van der Waals surface area contributed by atoms with Crippen LogP contribution in [-0.4, -0.2) is 35.1 Å². The summed E-state index contributed by atoms with van der Waals surface area (Å²) in [4.78, 5) is 31.1. The second-order valence-electron chi connectivity index (χ2n) is 3.20. The molecule has 0 aliphatic rings. The fourth-order valence-electron chi connectivity index (χ4n) is 1.28. The number of carbonyl (C=O) groups excluding carboxylic acids is 2. The standard InChI is InChI=1S/C11H13ClN2O4/c1-3-17-10(15)9(11(16)18-4-2)7-5-13-6-8(12)14-7/h5-6,9H,3-4H2,1-2H3. The minimum absolute atomic E-state index is 0.0890. The zero-order valence-electron chi connectivity index (χ0n) is 10.1. The number of rotatable bonds is 5. The molecule has 0 saturated heterocycles. The molecular formula is C11H13ClN2O4. The van der Waals surface area contributed by atoms with Crippen LogP contribution in [0.25, 0.3) is 0 Å². The van der Waals surface area contributed by atoms with Crippen molar-refractivity contribution >= 4 is 23.5 Å². The van der Waals surface area contributed by atoms with Gasteiger partial charge in [0.05, 0.1) is 25.1 Å². The van der Waals surface area contributed by atoms with Crippen LogP contribution in [0.4, 0.5) is 0 Å². The molecule has 1 aromatic heterocycles. The van der Waals surface area contributed by atoms with Crippen LogP contribution in [0.3, 0.4) is 0 Å². The van der Waals surface area contributed by atoms with E-state index in [0.29, 0.717) is 0 Å². The lowest BCUT2D eigenvalue weighted by atomic mass is 10.1. The minimum atomic E-state index is -1.25. The normalized spacial score (nSPS) is 10.2. The maximum absolute atomic E-state index is 11.7. The van der Waals surface area contributed by atoms with Gasteiger partial charge in [-0.2, -0.15) is 0 Å². The van der Waals surface area contributed by atoms with Gasteiger partial charge in [0, 0.05) is 6.20 Å². The molecule has 0 N–H and O–H groups in total. The molecule has 0 amide bonds. The first-order valence-electron chi connectivity index (χ1n) is 5.40. The Morgan fingerprint density at radius 2 is 1.78 bits per heavy atom. The van der Waals surface area contributed by atoms with Crippen molar-refractivity contribution < 1.29 is 19.1 Å². The summed E-state index contributed by atoms with van der Waals surface area (Å²) in [7, 11) is 0. The van der Waals surface area contributed by atoms with Crippen molar-refractivity contribution in [1.29, 1.82) is 0 Å². The van der Waals surface area contributed by atoms with Crippen LogP contribution >= 0.6 is 11.6 Å². The van der Waals surface area contributed by atoms with Gasteiger partial charge in [-0.3, -0.25) is 14.6 Å². The lowest BCUT2D eigenvalue weighted by Crippen LogP contribution is -2.27. The molecule has 0 bridgehead atoms. The fraction of sp³-hybridized carbons (Fsp3) is 0.455. The third-order valence-corrected chi connectivity index (χ3v) is 2.15. The van der Waals surface area contributed by atoms with Gasteiger partial charge >= 0.3 is 11.9 Å². The van der Waals surface area contributed by atoms with Crippen LogP contribution in [0.2, 0.25) is 5.15 Å². The van der Waals surface area contributed by atoms with Crippen LogP contribution in [0.5, 0.6) is 0 Å². The molecule has 0 atom stereocenters. The second kappa shape index (κ2) is 6.90. The molecule has 0 aromatic carbocycles. The van der Waals surface area contributed by atoms with Gasteiger partial charge in [0.15, 0.2) is 5.92 Å². The highest BCUT2D eigenvalue weighted by Gasteiger charge is 2.33. The molecule has 0 radical (unpaired) electrons. The summed E-state index contributed by atoms with van der Waals surface area (Å²) >= 11 is 5.67. The van der Waals surface area contributed by atoms with E-state index in [9.17, 15) is 9.59 Å². The Balaban J connectivity index is 3.03. The summed E-state index contributed by atoms with van der Waals surface area (Å²) < 4.78 is 9.63. The molecule has 7 heteroatoms. The largest absolute Gasteiger partial charge is 0.465 e. The van der Waals surface area contributed by atoms with E-state index < -0.39 is 17.9 Å². The number of esters is 2. The van der Waals surface area contributed by atoms with E-state index in [1.54, 1.807) is 13.8 Å². The van der Waals surface area contributed by atoms with Gasteiger partial charge in [0.2, 0.25) is 0 Å². The van der Waals surface area contributed by atoms with Crippen LogP contribution in [0, 0.1) is 0 Å². The maximum atomic E-state index is 11.7. The Morgan fingerprint density at radius 3 is 2.22 bits per heavy atom. The lowest BCUT2D eigenvalue weighted by Gasteiger charge is -2.13. The Morgan fingerprint density at radius 1 is 1.22 bits per heavy atom. The Labute approximate surface area is 109 Å². The predicted molar refractivity (Wildman–Crippen MR) is 63.0 cm³/mol. The topological polar surface area (TPSA) is 78.4 Å². The highest BCUT2D eigenvalue weighted by molar-refractivity contribution is 6.29. The van der Waals surface area contributed by atoms with Crippen molar-refractivity contribution in [2.45, 2.75) is 19.8 Å². The van der Waals surface area contributed by atoms with Crippen LogP contribution in [0.15, 0.2) is 12.4 Å². The van der Waals surface area contributed by atoms with Crippen molar-refractivity contribution in [3.63, 3.8) is 0 Å². The molecule has 0 unspecified atom stereocenters. The fourth-order valence-corrected chi connectivity index (χ4v) is 1.44. The highest BCUT2D eigenvalue weighted by atomic mass is 35.5. The quantitative estimate of drug-likeness (QED) is 0.594. The van der Waals surface area contributed by atoms with Crippen LogP contribution in [0.1, 0.15) is 25.5 Å². The van der Waals surface area contributed by atoms with Gasteiger partial charge in [-0.1, -0.05) is 11.6 Å². The van der Waals surface area contributed by atoms with E-state index >= 15 is 0 Å². The zero-order valence-corrected chi connectivity index (χ0v) is 10.8. The smallest absolute Gasteiger partial charge is 0.326 e. The summed E-state index contributed by atoms with van der Waals surface area (Å²) in [5, 5.41) is 0.0890. The van der Waals surface area contributed by atoms with Crippen molar-refractivity contribution in [3.8, 4) is 0 Å². The van der Waals surface area contributed by atoms with Crippen molar-refractivity contribution in [2.24, 2.45) is 0 Å². The number of halogens is 1. The van der Waals surface area contributed by atoms with Gasteiger partial charge in [-0.25, -0.2) is 4.98 Å². The molecule has 0 aliphatic carbocycles. The SMILES string of the molecule is CCOC(=O)C(C(=O)OCC)c1cncc(Cl)n1. The lowest BCUT2D eigenvalue weighted by molar-refractivity contribution is -0.157. The van der Waals surface area contributed by atoms with Gasteiger partial charge in [0.25, 0.3) is 0 Å². The van der Waals surface area contributed by atoms with Crippen molar-refractivity contribution in [2.75, 3.05) is 13.2 Å². The Hall–Kier alpha value is -1.69. The van der Waals surface area contributed by atoms with Gasteiger partial charge < -0.3 is 9.47 Å². The average molecular weight is 273 g/mol. The first-order valence-corrected chi connectivity index (χ1v) is 5.78. The summed E-state index contributed by atoms with van der Waals surface area (Å²) in [5.41, 5.74) is 0.111. The van der Waals surface area contributed by atoms with Gasteiger partial charge in [0.1, 0.15) is 5.15 Å². The second-order valence-corrected chi connectivity index (χ2v) is 3.59. The van der Waals surface area contributed by atoms with Gasteiger partial charge in [-0.05, 0) is 13.8 Å². The first kappa shape index (κ1) is 14.4. The predicted octanol–water partition coefficient (Wildman–Crippen LogP) is 1.34. The minimum Gasteiger partial charge on any atom is -0.465 e. The average Bonchev–Trinajstić information content (AvgIpc) is 2.30. The molecule has 0 saturated carbocycles. The molecule has 1 heterocycles. The number of ether oxygens (including phenoxy) is 2. The zero-order chi connectivity index (χ0) is 13.5. The van der Waals surface area contributed by atoms with Crippen molar-refractivity contribution in [1.82, 2.24) is 9.97 Å². The molecule has 0 fully saturated rings. The third kappa shape index (κ3) is 3.66. The summed E-state index contributed by atoms with van der Waals surface area (Å²) in [5.74, 6) is -2.71. The Bertz CT molecular complexity index is 421. The number of hydrogen-bond donors (Lipinski definition) is 0. The van der Waals surface area contributed by atoms with E-state index in [4.69, 9.17) is 21.1 Å². The highest BCUT2D eigenvalue weighted by Crippen LogP contribution is 2.18. The Kier molecular flexibility index (Phi) is 5.51. The molecule has 1 aromatic rings. The third-order valence-electron chi connectivity index (χ3n) is 1.96. The van der Waals surface area contributed by atoms with E-state index in [1.807, 2.05) is 0 Å². The van der Waals surface area contributed by atoms with E-state index in [2.05, 4.69) is 9.97 Å². The number of carbonyl (C=O) groups is 2. The molecule has 0 aliphatic heterocycles.